The fourth-order valence-electron chi connectivity index (χ4n) is 3.41. The monoisotopic (exact) mass is 359 g/mol. The summed E-state index contributed by atoms with van der Waals surface area (Å²) in [5.74, 6) is 1.36. The van der Waals surface area contributed by atoms with E-state index in [-0.39, 0.29) is 6.04 Å². The molecule has 132 valence electrons. The number of fused-ring (bicyclic) bond motifs is 2. The van der Waals surface area contributed by atoms with E-state index in [1.54, 1.807) is 12.1 Å². The van der Waals surface area contributed by atoms with E-state index in [1.807, 2.05) is 31.2 Å². The van der Waals surface area contributed by atoms with Crippen LogP contribution in [0.1, 0.15) is 36.1 Å². The molecule has 0 fully saturated rings. The summed E-state index contributed by atoms with van der Waals surface area (Å²) < 4.78 is 39.3. The van der Waals surface area contributed by atoms with Crippen LogP contribution in [-0.4, -0.2) is 21.6 Å². The second-order valence-corrected chi connectivity index (χ2v) is 8.24. The summed E-state index contributed by atoms with van der Waals surface area (Å²) in [7, 11) is -3.57. The molecule has 1 aliphatic carbocycles. The highest BCUT2D eigenvalue weighted by atomic mass is 32.2. The summed E-state index contributed by atoms with van der Waals surface area (Å²) in [4.78, 5) is 0.331. The Bertz CT molecular complexity index is 908. The summed E-state index contributed by atoms with van der Waals surface area (Å²) >= 11 is 0. The molecule has 1 atom stereocenters. The molecule has 0 bridgehead atoms. The summed E-state index contributed by atoms with van der Waals surface area (Å²) in [6.45, 7) is 2.87. The Morgan fingerprint density at radius 3 is 2.56 bits per heavy atom. The number of nitrogens with one attached hydrogen (secondary N) is 1. The van der Waals surface area contributed by atoms with Crippen LogP contribution >= 0.6 is 0 Å². The molecule has 25 heavy (non-hydrogen) atoms. The van der Waals surface area contributed by atoms with Crippen LogP contribution in [0, 0.1) is 0 Å². The van der Waals surface area contributed by atoms with E-state index in [0.29, 0.717) is 29.6 Å². The molecule has 0 saturated carbocycles. The van der Waals surface area contributed by atoms with E-state index in [0.717, 1.165) is 30.4 Å². The molecule has 2 aromatic carbocycles. The minimum absolute atomic E-state index is 0.331. The van der Waals surface area contributed by atoms with Gasteiger partial charge >= 0.3 is 0 Å². The maximum absolute atomic E-state index is 12.7. The molecule has 2 aromatic rings. The molecule has 0 radical (unpaired) electrons. The first-order chi connectivity index (χ1) is 12.0. The molecule has 0 aromatic heterocycles. The molecule has 6 heteroatoms. The number of benzene rings is 2. The van der Waals surface area contributed by atoms with Gasteiger partial charge in [-0.2, -0.15) is 0 Å². The summed E-state index contributed by atoms with van der Waals surface area (Å²) in [5.41, 5.74) is 3.25. The standard InChI is InChI=1S/C19H21NO4S/c1-13(15-6-8-18-19(12-15)24-10-9-23-18)20-25(21,22)17-7-5-14-3-2-4-16(14)11-17/h5-8,11-13,20H,2-4,9-10H2,1H3/t13-/m0/s1. The number of sulfonamides is 1. The molecular weight excluding hydrogens is 338 g/mol. The minimum atomic E-state index is -3.57. The molecule has 5 nitrogen and oxygen atoms in total. The highest BCUT2D eigenvalue weighted by Crippen LogP contribution is 2.33. The second-order valence-electron chi connectivity index (χ2n) is 6.53. The Labute approximate surface area is 148 Å². The lowest BCUT2D eigenvalue weighted by atomic mass is 10.1. The fraction of sp³-hybridized carbons (Fsp3) is 0.368. The lowest BCUT2D eigenvalue weighted by Crippen LogP contribution is -2.27. The number of hydrogen-bond acceptors (Lipinski definition) is 4. The summed E-state index contributed by atoms with van der Waals surface area (Å²) in [5, 5.41) is 0. The molecule has 2 aliphatic rings. The SMILES string of the molecule is C[C@H](NS(=O)(=O)c1ccc2c(c1)CCC2)c1ccc2c(c1)OCCO2. The van der Waals surface area contributed by atoms with Crippen LogP contribution in [0.15, 0.2) is 41.3 Å². The van der Waals surface area contributed by atoms with Crippen LogP contribution < -0.4 is 14.2 Å². The zero-order chi connectivity index (χ0) is 17.4. The van der Waals surface area contributed by atoms with Crippen molar-refractivity contribution in [3.05, 3.63) is 53.1 Å². The molecule has 0 unspecified atom stereocenters. The Balaban J connectivity index is 1.56. The highest BCUT2D eigenvalue weighted by Gasteiger charge is 2.22. The molecule has 4 rings (SSSR count). The first-order valence-corrected chi connectivity index (χ1v) is 10.0. The van der Waals surface area contributed by atoms with Crippen molar-refractivity contribution in [2.75, 3.05) is 13.2 Å². The Kier molecular flexibility index (Phi) is 4.17. The van der Waals surface area contributed by atoms with E-state index in [1.165, 1.54) is 5.56 Å². The van der Waals surface area contributed by atoms with Crippen molar-refractivity contribution in [1.82, 2.24) is 4.72 Å². The molecule has 0 amide bonds. The Morgan fingerprint density at radius 1 is 0.960 bits per heavy atom. The largest absolute Gasteiger partial charge is 0.486 e. The maximum atomic E-state index is 12.7. The average molecular weight is 359 g/mol. The lowest BCUT2D eigenvalue weighted by molar-refractivity contribution is 0.171. The third-order valence-corrected chi connectivity index (χ3v) is 6.32. The third-order valence-electron chi connectivity index (χ3n) is 4.78. The van der Waals surface area contributed by atoms with Crippen molar-refractivity contribution >= 4 is 10.0 Å². The van der Waals surface area contributed by atoms with Gasteiger partial charge in [-0.15, -0.1) is 0 Å². The molecule has 1 heterocycles. The zero-order valence-corrected chi connectivity index (χ0v) is 14.9. The quantitative estimate of drug-likeness (QED) is 0.911. The van der Waals surface area contributed by atoms with E-state index in [2.05, 4.69) is 4.72 Å². The van der Waals surface area contributed by atoms with Crippen molar-refractivity contribution in [2.24, 2.45) is 0 Å². The normalized spacial score (nSPS) is 17.2. The minimum Gasteiger partial charge on any atom is -0.486 e. The van der Waals surface area contributed by atoms with Crippen LogP contribution in [0.3, 0.4) is 0 Å². The van der Waals surface area contributed by atoms with Crippen LogP contribution in [0.2, 0.25) is 0 Å². The molecule has 1 aliphatic heterocycles. The average Bonchev–Trinajstić information content (AvgIpc) is 3.08. The van der Waals surface area contributed by atoms with E-state index < -0.39 is 10.0 Å². The number of hydrogen-bond donors (Lipinski definition) is 1. The summed E-state index contributed by atoms with van der Waals surface area (Å²) in [6.07, 6.45) is 3.09. The van der Waals surface area contributed by atoms with Gasteiger partial charge < -0.3 is 9.47 Å². The smallest absolute Gasteiger partial charge is 0.241 e. The Hall–Kier alpha value is -2.05. The van der Waals surface area contributed by atoms with Crippen LogP contribution in [0.5, 0.6) is 11.5 Å². The van der Waals surface area contributed by atoms with Gasteiger partial charge in [-0.3, -0.25) is 0 Å². The Morgan fingerprint density at radius 2 is 1.72 bits per heavy atom. The van der Waals surface area contributed by atoms with Gasteiger partial charge in [0.05, 0.1) is 4.90 Å². The van der Waals surface area contributed by atoms with Gasteiger partial charge in [0.25, 0.3) is 0 Å². The van der Waals surface area contributed by atoms with E-state index >= 15 is 0 Å². The highest BCUT2D eigenvalue weighted by molar-refractivity contribution is 7.89. The van der Waals surface area contributed by atoms with Gasteiger partial charge in [0.15, 0.2) is 11.5 Å². The zero-order valence-electron chi connectivity index (χ0n) is 14.1. The van der Waals surface area contributed by atoms with Crippen molar-refractivity contribution in [1.29, 1.82) is 0 Å². The van der Waals surface area contributed by atoms with Crippen molar-refractivity contribution in [3.63, 3.8) is 0 Å². The number of ether oxygens (including phenoxy) is 2. The van der Waals surface area contributed by atoms with Crippen molar-refractivity contribution in [2.45, 2.75) is 37.1 Å². The molecule has 1 N–H and O–H groups in total. The van der Waals surface area contributed by atoms with E-state index in [4.69, 9.17) is 9.47 Å². The predicted molar refractivity (Wildman–Crippen MR) is 94.6 cm³/mol. The van der Waals surface area contributed by atoms with Crippen LogP contribution in [-0.2, 0) is 22.9 Å². The molecule has 0 spiro atoms. The summed E-state index contributed by atoms with van der Waals surface area (Å²) in [6, 6.07) is 10.6. The van der Waals surface area contributed by atoms with Crippen molar-refractivity contribution < 1.29 is 17.9 Å². The van der Waals surface area contributed by atoms with Gasteiger partial charge in [0.1, 0.15) is 13.2 Å². The predicted octanol–water partition coefficient (Wildman–Crippen LogP) is 2.99. The van der Waals surface area contributed by atoms with Crippen molar-refractivity contribution in [3.8, 4) is 11.5 Å². The first-order valence-electron chi connectivity index (χ1n) is 8.57. The van der Waals surface area contributed by atoms with Gasteiger partial charge in [0, 0.05) is 6.04 Å². The van der Waals surface area contributed by atoms with Crippen LogP contribution in [0.4, 0.5) is 0 Å². The van der Waals surface area contributed by atoms with Gasteiger partial charge in [-0.1, -0.05) is 12.1 Å². The van der Waals surface area contributed by atoms with Gasteiger partial charge in [-0.25, -0.2) is 13.1 Å². The fourth-order valence-corrected chi connectivity index (χ4v) is 4.70. The second kappa shape index (κ2) is 6.35. The van der Waals surface area contributed by atoms with Crippen LogP contribution in [0.25, 0.3) is 0 Å². The number of rotatable bonds is 4. The third kappa shape index (κ3) is 3.24. The van der Waals surface area contributed by atoms with Gasteiger partial charge in [0.2, 0.25) is 10.0 Å². The van der Waals surface area contributed by atoms with E-state index in [9.17, 15) is 8.42 Å². The topological polar surface area (TPSA) is 64.6 Å². The maximum Gasteiger partial charge on any atom is 0.241 e. The molecular formula is C19H21NO4S. The van der Waals surface area contributed by atoms with Gasteiger partial charge in [-0.05, 0) is 67.1 Å². The first kappa shape index (κ1) is 16.4. The lowest BCUT2D eigenvalue weighted by Gasteiger charge is -2.21. The molecule has 0 saturated heterocycles. The number of aryl methyl sites for hydroxylation is 2.